The molecule has 2 heterocycles. The van der Waals surface area contributed by atoms with E-state index < -0.39 is 4.92 Å². The van der Waals surface area contributed by atoms with Crippen LogP contribution < -0.4 is 0 Å². The highest BCUT2D eigenvalue weighted by molar-refractivity contribution is 5.77. The quantitative estimate of drug-likeness (QED) is 0.464. The van der Waals surface area contributed by atoms with E-state index in [1.54, 1.807) is 13.3 Å². The molecule has 0 aromatic carbocycles. The maximum Gasteiger partial charge on any atom is 0.434 e. The van der Waals surface area contributed by atoms with Crippen molar-refractivity contribution in [2.45, 2.75) is 25.7 Å². The third kappa shape index (κ3) is 2.85. The van der Waals surface area contributed by atoms with Crippen LogP contribution >= 0.6 is 0 Å². The van der Waals surface area contributed by atoms with Gasteiger partial charge in [-0.2, -0.15) is 5.10 Å². The van der Waals surface area contributed by atoms with Crippen LogP contribution in [0.4, 0.5) is 5.95 Å². The predicted molar refractivity (Wildman–Crippen MR) is 67.5 cm³/mol. The van der Waals surface area contributed by atoms with E-state index in [2.05, 4.69) is 10.1 Å². The minimum atomic E-state index is -0.497. The van der Waals surface area contributed by atoms with E-state index in [4.69, 9.17) is 0 Å². The summed E-state index contributed by atoms with van der Waals surface area (Å²) in [6, 6.07) is 0. The van der Waals surface area contributed by atoms with Gasteiger partial charge in [0, 0.05) is 13.1 Å². The lowest BCUT2D eigenvalue weighted by molar-refractivity contribution is -0.396. The van der Waals surface area contributed by atoms with Crippen molar-refractivity contribution in [3.63, 3.8) is 0 Å². The summed E-state index contributed by atoms with van der Waals surface area (Å²) in [5.74, 6) is -0.160. The van der Waals surface area contributed by atoms with E-state index in [0.717, 1.165) is 25.9 Å². The standard InChI is InChI=1S/C11H17N5O2/c1-14-10(8-12-11(14)16(17)18)9-13-15-6-4-2-3-5-7-15/h8-9H,2-7H2,1H3. The minimum Gasteiger partial charge on any atom is -0.390 e. The van der Waals surface area contributed by atoms with E-state index >= 15 is 0 Å². The Labute approximate surface area is 105 Å². The van der Waals surface area contributed by atoms with Gasteiger partial charge in [0.25, 0.3) is 0 Å². The summed E-state index contributed by atoms with van der Waals surface area (Å²) in [5.41, 5.74) is 0.644. The first-order chi connectivity index (χ1) is 8.68. The average Bonchev–Trinajstić information content (AvgIpc) is 2.56. The number of rotatable bonds is 3. The molecule has 0 amide bonds. The van der Waals surface area contributed by atoms with Gasteiger partial charge >= 0.3 is 5.95 Å². The number of imidazole rings is 1. The van der Waals surface area contributed by atoms with Crippen molar-refractivity contribution in [2.24, 2.45) is 12.1 Å². The number of nitro groups is 1. The second kappa shape index (κ2) is 5.61. The molecule has 7 heteroatoms. The molecule has 98 valence electrons. The molecular weight excluding hydrogens is 234 g/mol. The molecule has 0 spiro atoms. The first-order valence-corrected chi connectivity index (χ1v) is 6.13. The Morgan fingerprint density at radius 2 is 2.06 bits per heavy atom. The smallest absolute Gasteiger partial charge is 0.390 e. The Morgan fingerprint density at radius 3 is 2.61 bits per heavy atom. The fourth-order valence-corrected chi connectivity index (χ4v) is 2.01. The molecule has 0 atom stereocenters. The van der Waals surface area contributed by atoms with Gasteiger partial charge in [-0.25, -0.2) is 4.57 Å². The van der Waals surface area contributed by atoms with Crippen molar-refractivity contribution >= 4 is 12.2 Å². The molecule has 7 nitrogen and oxygen atoms in total. The Hall–Kier alpha value is -1.92. The highest BCUT2D eigenvalue weighted by Crippen LogP contribution is 2.11. The first-order valence-electron chi connectivity index (χ1n) is 6.13. The third-order valence-corrected chi connectivity index (χ3v) is 3.10. The molecule has 1 saturated heterocycles. The summed E-state index contributed by atoms with van der Waals surface area (Å²) in [6.07, 6.45) is 7.93. The molecule has 0 N–H and O–H groups in total. The van der Waals surface area contributed by atoms with Crippen LogP contribution in [0.5, 0.6) is 0 Å². The lowest BCUT2D eigenvalue weighted by atomic mass is 10.2. The molecule has 1 aromatic rings. The van der Waals surface area contributed by atoms with Crippen LogP contribution in [-0.4, -0.2) is 38.8 Å². The van der Waals surface area contributed by atoms with Crippen molar-refractivity contribution in [3.8, 4) is 0 Å². The second-order valence-corrected chi connectivity index (χ2v) is 4.41. The molecule has 18 heavy (non-hydrogen) atoms. The fourth-order valence-electron chi connectivity index (χ4n) is 2.01. The molecular formula is C11H17N5O2. The summed E-state index contributed by atoms with van der Waals surface area (Å²) in [6.45, 7) is 1.91. The van der Waals surface area contributed by atoms with Crippen molar-refractivity contribution in [3.05, 3.63) is 22.0 Å². The normalized spacial score (nSPS) is 17.1. The van der Waals surface area contributed by atoms with E-state index in [1.807, 2.05) is 5.01 Å². The SMILES string of the molecule is Cn1c(C=NN2CCCCCC2)cnc1[N+](=O)[O-]. The fraction of sp³-hybridized carbons (Fsp3) is 0.636. The number of hydrogen-bond donors (Lipinski definition) is 0. The van der Waals surface area contributed by atoms with Crippen molar-refractivity contribution in [1.82, 2.24) is 14.6 Å². The highest BCUT2D eigenvalue weighted by Gasteiger charge is 2.16. The highest BCUT2D eigenvalue weighted by atomic mass is 16.6. The molecule has 0 radical (unpaired) electrons. The van der Waals surface area contributed by atoms with Gasteiger partial charge in [-0.1, -0.05) is 17.8 Å². The number of nitrogens with zero attached hydrogens (tertiary/aromatic N) is 5. The van der Waals surface area contributed by atoms with Gasteiger partial charge < -0.3 is 10.1 Å². The van der Waals surface area contributed by atoms with Gasteiger partial charge in [-0.15, -0.1) is 0 Å². The van der Waals surface area contributed by atoms with Gasteiger partial charge in [-0.3, -0.25) is 5.01 Å². The summed E-state index contributed by atoms with van der Waals surface area (Å²) >= 11 is 0. The maximum absolute atomic E-state index is 10.7. The van der Waals surface area contributed by atoms with Crippen LogP contribution in [0.2, 0.25) is 0 Å². The van der Waals surface area contributed by atoms with E-state index in [1.165, 1.54) is 23.6 Å². The van der Waals surface area contributed by atoms with Crippen molar-refractivity contribution in [1.29, 1.82) is 0 Å². The molecule has 1 aliphatic rings. The largest absolute Gasteiger partial charge is 0.434 e. The molecule has 1 aromatic heterocycles. The molecule has 2 rings (SSSR count). The molecule has 1 fully saturated rings. The predicted octanol–water partition coefficient (Wildman–Crippen LogP) is 1.54. The number of aromatic nitrogens is 2. The van der Waals surface area contributed by atoms with Crippen LogP contribution in [-0.2, 0) is 7.05 Å². The van der Waals surface area contributed by atoms with Gasteiger partial charge in [0.05, 0.1) is 13.3 Å². The Balaban J connectivity index is 2.06. The molecule has 0 saturated carbocycles. The van der Waals surface area contributed by atoms with Gasteiger partial charge in [0.15, 0.2) is 5.69 Å². The number of hydrazone groups is 1. The van der Waals surface area contributed by atoms with Crippen molar-refractivity contribution < 1.29 is 4.92 Å². The van der Waals surface area contributed by atoms with Crippen molar-refractivity contribution in [2.75, 3.05) is 13.1 Å². The molecule has 1 aliphatic heterocycles. The number of hydrogen-bond acceptors (Lipinski definition) is 5. The molecule has 0 bridgehead atoms. The molecule has 0 aliphatic carbocycles. The molecule has 0 unspecified atom stereocenters. The summed E-state index contributed by atoms with van der Waals surface area (Å²) in [4.78, 5) is 13.9. The summed E-state index contributed by atoms with van der Waals surface area (Å²) in [7, 11) is 1.62. The topological polar surface area (TPSA) is 76.6 Å². The van der Waals surface area contributed by atoms with Gasteiger partial charge in [-0.05, 0) is 17.8 Å². The minimum absolute atomic E-state index is 0.160. The zero-order chi connectivity index (χ0) is 13.0. The average molecular weight is 251 g/mol. The van der Waals surface area contributed by atoms with Crippen LogP contribution in [0.15, 0.2) is 11.3 Å². The van der Waals surface area contributed by atoms with Gasteiger partial charge in [0.2, 0.25) is 0 Å². The van der Waals surface area contributed by atoms with E-state index in [9.17, 15) is 10.1 Å². The van der Waals surface area contributed by atoms with Crippen LogP contribution in [0.3, 0.4) is 0 Å². The first kappa shape index (κ1) is 12.5. The Bertz CT molecular complexity index is 446. The Morgan fingerprint density at radius 1 is 1.39 bits per heavy atom. The Kier molecular flexibility index (Phi) is 3.91. The van der Waals surface area contributed by atoms with E-state index in [0.29, 0.717) is 5.69 Å². The lowest BCUT2D eigenvalue weighted by Gasteiger charge is -2.14. The summed E-state index contributed by atoms with van der Waals surface area (Å²) < 4.78 is 1.43. The maximum atomic E-state index is 10.7. The monoisotopic (exact) mass is 251 g/mol. The lowest BCUT2D eigenvalue weighted by Crippen LogP contribution is -2.18. The van der Waals surface area contributed by atoms with Crippen LogP contribution in [0, 0.1) is 10.1 Å². The summed E-state index contributed by atoms with van der Waals surface area (Å²) in [5, 5.41) is 17.0. The third-order valence-electron chi connectivity index (χ3n) is 3.10. The van der Waals surface area contributed by atoms with Gasteiger partial charge in [0.1, 0.15) is 6.20 Å². The van der Waals surface area contributed by atoms with E-state index in [-0.39, 0.29) is 5.95 Å². The van der Waals surface area contributed by atoms with Crippen LogP contribution in [0.1, 0.15) is 31.4 Å². The van der Waals surface area contributed by atoms with Crippen LogP contribution in [0.25, 0.3) is 0 Å². The second-order valence-electron chi connectivity index (χ2n) is 4.41. The zero-order valence-corrected chi connectivity index (χ0v) is 10.4. The zero-order valence-electron chi connectivity index (χ0n) is 10.4.